The second-order valence-electron chi connectivity index (χ2n) is 4.67. The Morgan fingerprint density at radius 3 is 2.81 bits per heavy atom. The molecule has 1 N–H and O–H groups in total. The Morgan fingerprint density at radius 2 is 2.25 bits per heavy atom. The second kappa shape index (κ2) is 4.82. The van der Waals surface area contributed by atoms with E-state index in [1.807, 2.05) is 0 Å². The van der Waals surface area contributed by atoms with E-state index in [4.69, 9.17) is 4.74 Å². The Bertz CT molecular complexity index is 362. The Morgan fingerprint density at radius 1 is 1.50 bits per heavy atom. The van der Waals surface area contributed by atoms with Gasteiger partial charge in [-0.25, -0.2) is 4.98 Å². The quantitative estimate of drug-likeness (QED) is 0.884. The van der Waals surface area contributed by atoms with Crippen LogP contribution in [0.1, 0.15) is 54.5 Å². The lowest BCUT2D eigenvalue weighted by molar-refractivity contribution is 0.0637. The molecule has 0 fully saturated rings. The van der Waals surface area contributed by atoms with Crippen molar-refractivity contribution in [3.8, 4) is 0 Å². The predicted molar refractivity (Wildman–Crippen MR) is 64.6 cm³/mol. The molecule has 2 rings (SSSR count). The van der Waals surface area contributed by atoms with Gasteiger partial charge in [-0.3, -0.25) is 0 Å². The number of hydrogen-bond acceptors (Lipinski definition) is 4. The van der Waals surface area contributed by atoms with Gasteiger partial charge in [0.25, 0.3) is 0 Å². The summed E-state index contributed by atoms with van der Waals surface area (Å²) in [7, 11) is 1.72. The number of rotatable bonds is 3. The minimum Gasteiger partial charge on any atom is -0.387 e. The zero-order valence-corrected chi connectivity index (χ0v) is 10.9. The van der Waals surface area contributed by atoms with Crippen molar-refractivity contribution in [1.82, 2.24) is 4.98 Å². The van der Waals surface area contributed by atoms with Crippen LogP contribution in [0, 0.1) is 5.92 Å². The molecule has 16 heavy (non-hydrogen) atoms. The van der Waals surface area contributed by atoms with Crippen LogP contribution in [0.5, 0.6) is 0 Å². The number of aliphatic hydroxyl groups is 1. The summed E-state index contributed by atoms with van der Waals surface area (Å²) in [5.74, 6) is 0.412. The fourth-order valence-electron chi connectivity index (χ4n) is 2.19. The highest BCUT2D eigenvalue weighted by molar-refractivity contribution is 7.11. The smallest absolute Gasteiger partial charge is 0.122 e. The van der Waals surface area contributed by atoms with Crippen molar-refractivity contribution in [2.24, 2.45) is 5.92 Å². The number of aliphatic hydroxyl groups excluding tert-OH is 1. The molecule has 0 aliphatic heterocycles. The molecule has 1 heterocycles. The topological polar surface area (TPSA) is 42.4 Å². The van der Waals surface area contributed by atoms with Gasteiger partial charge in [0.05, 0.1) is 11.8 Å². The summed E-state index contributed by atoms with van der Waals surface area (Å²) in [5.41, 5.74) is 0.897. The van der Waals surface area contributed by atoms with Crippen LogP contribution < -0.4 is 0 Å². The maximum Gasteiger partial charge on any atom is 0.122 e. The lowest BCUT2D eigenvalue weighted by Crippen LogP contribution is -2.10. The van der Waals surface area contributed by atoms with Crippen molar-refractivity contribution < 1.29 is 9.84 Å². The molecule has 4 heteroatoms. The Hall–Kier alpha value is -0.450. The molecule has 2 unspecified atom stereocenters. The molecule has 1 aliphatic carbocycles. The van der Waals surface area contributed by atoms with Gasteiger partial charge in [-0.1, -0.05) is 13.8 Å². The van der Waals surface area contributed by atoms with Crippen LogP contribution in [0.4, 0.5) is 0 Å². The van der Waals surface area contributed by atoms with E-state index in [1.165, 1.54) is 4.88 Å². The van der Waals surface area contributed by atoms with E-state index >= 15 is 0 Å². The van der Waals surface area contributed by atoms with E-state index in [2.05, 4.69) is 18.8 Å². The number of hydrogen-bond donors (Lipinski definition) is 1. The first-order valence-electron chi connectivity index (χ1n) is 5.83. The summed E-state index contributed by atoms with van der Waals surface area (Å²) in [6.07, 6.45) is 2.66. The summed E-state index contributed by atoms with van der Waals surface area (Å²) in [6, 6.07) is 0. The van der Waals surface area contributed by atoms with Crippen LogP contribution in [-0.2, 0) is 11.2 Å². The minimum absolute atomic E-state index is 0.0581. The Labute approximate surface area is 100 Å². The van der Waals surface area contributed by atoms with Gasteiger partial charge in [0.2, 0.25) is 0 Å². The maximum atomic E-state index is 9.87. The van der Waals surface area contributed by atoms with E-state index in [1.54, 1.807) is 18.4 Å². The van der Waals surface area contributed by atoms with E-state index in [-0.39, 0.29) is 12.2 Å². The Kier molecular flexibility index (Phi) is 3.62. The monoisotopic (exact) mass is 241 g/mol. The highest BCUT2D eigenvalue weighted by Gasteiger charge is 2.26. The van der Waals surface area contributed by atoms with Crippen LogP contribution in [0.2, 0.25) is 0 Å². The summed E-state index contributed by atoms with van der Waals surface area (Å²) in [4.78, 5) is 5.81. The van der Waals surface area contributed by atoms with Crippen molar-refractivity contribution in [3.05, 3.63) is 15.6 Å². The number of ether oxygens (including phenoxy) is 1. The molecule has 0 aromatic carbocycles. The fourth-order valence-corrected chi connectivity index (χ4v) is 3.61. The van der Waals surface area contributed by atoms with Crippen LogP contribution >= 0.6 is 11.3 Å². The molecule has 0 saturated carbocycles. The van der Waals surface area contributed by atoms with Crippen LogP contribution in [0.15, 0.2) is 0 Å². The molecule has 0 amide bonds. The fraction of sp³-hybridized carbons (Fsp3) is 0.750. The molecule has 90 valence electrons. The third kappa shape index (κ3) is 2.14. The first-order valence-corrected chi connectivity index (χ1v) is 6.65. The molecule has 3 nitrogen and oxygen atoms in total. The van der Waals surface area contributed by atoms with Crippen LogP contribution in [0.25, 0.3) is 0 Å². The van der Waals surface area contributed by atoms with E-state index in [9.17, 15) is 5.11 Å². The second-order valence-corrected chi connectivity index (χ2v) is 5.78. The lowest BCUT2D eigenvalue weighted by atomic mass is 10.0. The third-order valence-electron chi connectivity index (χ3n) is 3.04. The summed E-state index contributed by atoms with van der Waals surface area (Å²) >= 11 is 1.70. The number of methoxy groups -OCH3 is 1. The van der Waals surface area contributed by atoms with Crippen molar-refractivity contribution in [2.45, 2.75) is 45.3 Å². The first kappa shape index (κ1) is 12.0. The molecule has 1 aromatic heterocycles. The van der Waals surface area contributed by atoms with Crippen molar-refractivity contribution in [3.63, 3.8) is 0 Å². The normalized spacial score (nSPS) is 22.2. The van der Waals surface area contributed by atoms with Crippen molar-refractivity contribution >= 4 is 11.3 Å². The highest BCUT2D eigenvalue weighted by atomic mass is 32.1. The van der Waals surface area contributed by atoms with Crippen molar-refractivity contribution in [2.75, 3.05) is 7.11 Å². The van der Waals surface area contributed by atoms with E-state index in [0.29, 0.717) is 5.92 Å². The standard InChI is InChI=1S/C12H19NO2S/c1-7(2)11(15-3)12-13-10-8(14)5-4-6-9(10)16-12/h7-8,11,14H,4-6H2,1-3H3. The van der Waals surface area contributed by atoms with Gasteiger partial charge in [-0.2, -0.15) is 0 Å². The average molecular weight is 241 g/mol. The molecule has 0 bridgehead atoms. The molecule has 0 saturated heterocycles. The zero-order valence-electron chi connectivity index (χ0n) is 10.1. The maximum absolute atomic E-state index is 9.87. The van der Waals surface area contributed by atoms with Gasteiger partial charge in [0.15, 0.2) is 0 Å². The van der Waals surface area contributed by atoms with Gasteiger partial charge in [-0.05, 0) is 25.2 Å². The number of thiazole rings is 1. The van der Waals surface area contributed by atoms with Crippen LogP contribution in [0.3, 0.4) is 0 Å². The molecule has 1 aromatic rings. The van der Waals surface area contributed by atoms with Gasteiger partial charge in [-0.15, -0.1) is 11.3 Å². The summed E-state index contributed by atoms with van der Waals surface area (Å²) in [6.45, 7) is 4.26. The molecule has 0 radical (unpaired) electrons. The number of fused-ring (bicyclic) bond motifs is 1. The number of aromatic nitrogens is 1. The lowest BCUT2D eigenvalue weighted by Gasteiger charge is -2.16. The highest BCUT2D eigenvalue weighted by Crippen LogP contribution is 2.37. The van der Waals surface area contributed by atoms with Crippen molar-refractivity contribution in [1.29, 1.82) is 0 Å². The zero-order chi connectivity index (χ0) is 11.7. The summed E-state index contributed by atoms with van der Waals surface area (Å²) < 4.78 is 5.48. The molecular formula is C12H19NO2S. The summed E-state index contributed by atoms with van der Waals surface area (Å²) in [5, 5.41) is 10.9. The van der Waals surface area contributed by atoms with Gasteiger partial charge in [0.1, 0.15) is 11.1 Å². The molecule has 2 atom stereocenters. The first-order chi connectivity index (χ1) is 7.63. The van der Waals surface area contributed by atoms with Crippen LogP contribution in [-0.4, -0.2) is 17.2 Å². The Balaban J connectivity index is 2.29. The number of aryl methyl sites for hydroxylation is 1. The molecule has 0 spiro atoms. The minimum atomic E-state index is -0.363. The predicted octanol–water partition coefficient (Wildman–Crippen LogP) is 2.86. The SMILES string of the molecule is COC(c1nc2c(s1)CCCC2O)C(C)C. The third-order valence-corrected chi connectivity index (χ3v) is 4.24. The van der Waals surface area contributed by atoms with Gasteiger partial charge >= 0.3 is 0 Å². The van der Waals surface area contributed by atoms with Gasteiger partial charge in [0, 0.05) is 12.0 Å². The molecular weight excluding hydrogens is 222 g/mol. The van der Waals surface area contributed by atoms with E-state index < -0.39 is 0 Å². The average Bonchev–Trinajstić information content (AvgIpc) is 2.63. The van der Waals surface area contributed by atoms with E-state index in [0.717, 1.165) is 30.0 Å². The molecule has 1 aliphatic rings. The van der Waals surface area contributed by atoms with Gasteiger partial charge < -0.3 is 9.84 Å². The number of nitrogens with zero attached hydrogens (tertiary/aromatic N) is 1. The largest absolute Gasteiger partial charge is 0.387 e.